The van der Waals surface area contributed by atoms with Gasteiger partial charge in [-0.1, -0.05) is 25.5 Å². The molecule has 6 atom stereocenters. The smallest absolute Gasteiger partial charge is 0.139 e. The molecule has 0 aromatic carbocycles. The molecule has 0 radical (unpaired) electrons. The van der Waals surface area contributed by atoms with Crippen LogP contribution >= 0.6 is 0 Å². The molecule has 0 N–H and O–H groups in total. The van der Waals surface area contributed by atoms with Crippen molar-refractivity contribution in [1.29, 1.82) is 0 Å². The number of hydrogen-bond acceptors (Lipinski definition) is 2. The lowest BCUT2D eigenvalue weighted by Crippen LogP contribution is -2.49. The van der Waals surface area contributed by atoms with E-state index in [1.807, 2.05) is 0 Å². The van der Waals surface area contributed by atoms with Crippen molar-refractivity contribution in [2.45, 2.75) is 58.8 Å². The molecule has 4 aliphatic rings. The van der Waals surface area contributed by atoms with Crippen LogP contribution in [0.1, 0.15) is 58.8 Å². The highest BCUT2D eigenvalue weighted by Crippen LogP contribution is 2.61. The molecule has 0 saturated heterocycles. The van der Waals surface area contributed by atoms with Crippen molar-refractivity contribution >= 4 is 11.6 Å². The first-order chi connectivity index (χ1) is 10.0. The van der Waals surface area contributed by atoms with Crippen LogP contribution in [0.2, 0.25) is 0 Å². The lowest BCUT2D eigenvalue weighted by atomic mass is 9.50. The number of carbonyl (C=O) groups excluding carboxylic acids is 2. The third-order valence-corrected chi connectivity index (χ3v) is 7.28. The SMILES string of the molecule is C[C@H]1C[C@]2(C)C(=O)CC[C@H]2[C@@H]2CC=C3CC(=O)CC[C@@H]3[C@H]21. The summed E-state index contributed by atoms with van der Waals surface area (Å²) >= 11 is 0. The fourth-order valence-electron chi connectivity index (χ4n) is 6.46. The lowest BCUT2D eigenvalue weighted by Gasteiger charge is -2.54. The van der Waals surface area contributed by atoms with Crippen LogP contribution in [-0.4, -0.2) is 11.6 Å². The molecule has 3 fully saturated rings. The molecule has 4 aliphatic carbocycles. The van der Waals surface area contributed by atoms with E-state index in [2.05, 4.69) is 19.9 Å². The van der Waals surface area contributed by atoms with E-state index >= 15 is 0 Å². The van der Waals surface area contributed by atoms with Crippen molar-refractivity contribution in [3.63, 3.8) is 0 Å². The number of hydrogen-bond donors (Lipinski definition) is 0. The maximum absolute atomic E-state index is 12.4. The number of carbonyl (C=O) groups is 2. The van der Waals surface area contributed by atoms with Gasteiger partial charge in [-0.05, 0) is 55.3 Å². The predicted octanol–water partition coefficient (Wildman–Crippen LogP) is 3.94. The first kappa shape index (κ1) is 13.7. The molecular weight excluding hydrogens is 260 g/mol. The van der Waals surface area contributed by atoms with Crippen molar-refractivity contribution in [1.82, 2.24) is 0 Å². The molecule has 0 aromatic heterocycles. The summed E-state index contributed by atoms with van der Waals surface area (Å²) in [5, 5.41) is 0. The van der Waals surface area contributed by atoms with Gasteiger partial charge in [0.25, 0.3) is 0 Å². The Morgan fingerprint density at radius 1 is 1.19 bits per heavy atom. The zero-order valence-corrected chi connectivity index (χ0v) is 13.2. The van der Waals surface area contributed by atoms with Crippen LogP contribution in [0.15, 0.2) is 11.6 Å². The van der Waals surface area contributed by atoms with Crippen LogP contribution in [0.5, 0.6) is 0 Å². The molecule has 3 saturated carbocycles. The molecule has 0 amide bonds. The van der Waals surface area contributed by atoms with Crippen LogP contribution in [0.25, 0.3) is 0 Å². The Balaban J connectivity index is 1.70. The Bertz CT molecular complexity index is 532. The summed E-state index contributed by atoms with van der Waals surface area (Å²) in [5.74, 6) is 4.22. The minimum Gasteiger partial charge on any atom is -0.299 e. The first-order valence-electron chi connectivity index (χ1n) is 8.74. The van der Waals surface area contributed by atoms with Gasteiger partial charge in [0.05, 0.1) is 0 Å². The number of ketones is 2. The minimum absolute atomic E-state index is 0.0452. The lowest BCUT2D eigenvalue weighted by molar-refractivity contribution is -0.133. The van der Waals surface area contributed by atoms with E-state index in [-0.39, 0.29) is 5.41 Å². The van der Waals surface area contributed by atoms with Gasteiger partial charge in [-0.15, -0.1) is 0 Å². The van der Waals surface area contributed by atoms with E-state index in [9.17, 15) is 9.59 Å². The van der Waals surface area contributed by atoms with Crippen LogP contribution in [0.3, 0.4) is 0 Å². The second-order valence-electron chi connectivity index (χ2n) is 8.28. The van der Waals surface area contributed by atoms with Crippen molar-refractivity contribution in [2.75, 3.05) is 0 Å². The maximum Gasteiger partial charge on any atom is 0.139 e. The molecule has 4 rings (SSSR count). The Kier molecular flexibility index (Phi) is 2.96. The quantitative estimate of drug-likeness (QED) is 0.632. The summed E-state index contributed by atoms with van der Waals surface area (Å²) in [6.07, 6.45) is 9.03. The topological polar surface area (TPSA) is 34.1 Å². The molecule has 21 heavy (non-hydrogen) atoms. The summed E-state index contributed by atoms with van der Waals surface area (Å²) < 4.78 is 0. The molecule has 2 heteroatoms. The average molecular weight is 286 g/mol. The third-order valence-electron chi connectivity index (χ3n) is 7.28. The van der Waals surface area contributed by atoms with Gasteiger partial charge < -0.3 is 0 Å². The summed E-state index contributed by atoms with van der Waals surface area (Å²) in [6, 6.07) is 0. The summed E-state index contributed by atoms with van der Waals surface area (Å²) in [7, 11) is 0. The van der Waals surface area contributed by atoms with Crippen molar-refractivity contribution in [2.24, 2.45) is 35.0 Å². The van der Waals surface area contributed by atoms with Crippen molar-refractivity contribution < 1.29 is 9.59 Å². The molecule has 114 valence electrons. The standard InChI is InChI=1S/C19H26O2/c1-11-10-19(2)16(7-8-17(19)21)15-5-3-12-9-13(20)4-6-14(12)18(11)15/h3,11,14-16,18H,4-10H2,1-2H3/t11-,14-,15-,16-,18+,19-/m0/s1. The number of rotatable bonds is 0. The van der Waals surface area contributed by atoms with Crippen LogP contribution in [0, 0.1) is 35.0 Å². The van der Waals surface area contributed by atoms with Gasteiger partial charge in [-0.2, -0.15) is 0 Å². The van der Waals surface area contributed by atoms with E-state index in [4.69, 9.17) is 0 Å². The number of Topliss-reactive ketones (excluding diaryl/α,β-unsaturated/α-hetero) is 2. The molecular formula is C19H26O2. The Hall–Kier alpha value is -0.920. The zero-order chi connectivity index (χ0) is 14.8. The molecule has 0 spiro atoms. The largest absolute Gasteiger partial charge is 0.299 e. The number of allylic oxidation sites excluding steroid dienone is 2. The van der Waals surface area contributed by atoms with Gasteiger partial charge in [0, 0.05) is 24.7 Å². The Labute approximate surface area is 127 Å². The average Bonchev–Trinajstić information content (AvgIpc) is 2.74. The Morgan fingerprint density at radius 3 is 2.81 bits per heavy atom. The van der Waals surface area contributed by atoms with E-state index in [1.54, 1.807) is 0 Å². The van der Waals surface area contributed by atoms with E-state index < -0.39 is 0 Å². The van der Waals surface area contributed by atoms with Gasteiger partial charge in [0.15, 0.2) is 0 Å². The van der Waals surface area contributed by atoms with Crippen LogP contribution < -0.4 is 0 Å². The highest BCUT2D eigenvalue weighted by molar-refractivity contribution is 5.87. The monoisotopic (exact) mass is 286 g/mol. The normalized spacial score (nSPS) is 49.2. The molecule has 0 aliphatic heterocycles. The van der Waals surface area contributed by atoms with Gasteiger partial charge in [0.1, 0.15) is 11.6 Å². The molecule has 2 nitrogen and oxygen atoms in total. The molecule has 0 unspecified atom stereocenters. The minimum atomic E-state index is -0.0452. The second-order valence-corrected chi connectivity index (χ2v) is 8.28. The third kappa shape index (κ3) is 1.83. The van der Waals surface area contributed by atoms with E-state index in [0.717, 1.165) is 44.4 Å². The fraction of sp³-hybridized carbons (Fsp3) is 0.789. The first-order valence-corrected chi connectivity index (χ1v) is 8.74. The highest BCUT2D eigenvalue weighted by atomic mass is 16.1. The molecule has 0 heterocycles. The Morgan fingerprint density at radius 2 is 2.00 bits per heavy atom. The van der Waals surface area contributed by atoms with E-state index in [0.29, 0.717) is 41.7 Å². The zero-order valence-electron chi connectivity index (χ0n) is 13.2. The van der Waals surface area contributed by atoms with Crippen LogP contribution in [-0.2, 0) is 9.59 Å². The van der Waals surface area contributed by atoms with Crippen molar-refractivity contribution in [3.05, 3.63) is 11.6 Å². The van der Waals surface area contributed by atoms with E-state index in [1.165, 1.54) is 5.57 Å². The van der Waals surface area contributed by atoms with Crippen molar-refractivity contribution in [3.8, 4) is 0 Å². The second kappa shape index (κ2) is 4.54. The maximum atomic E-state index is 12.4. The van der Waals surface area contributed by atoms with Gasteiger partial charge >= 0.3 is 0 Å². The highest BCUT2D eigenvalue weighted by Gasteiger charge is 2.57. The number of fused-ring (bicyclic) bond motifs is 5. The van der Waals surface area contributed by atoms with Gasteiger partial charge in [-0.25, -0.2) is 0 Å². The predicted molar refractivity (Wildman–Crippen MR) is 81.6 cm³/mol. The fourth-order valence-corrected chi connectivity index (χ4v) is 6.46. The molecule has 0 bridgehead atoms. The summed E-state index contributed by atoms with van der Waals surface area (Å²) in [5.41, 5.74) is 1.39. The summed E-state index contributed by atoms with van der Waals surface area (Å²) in [4.78, 5) is 24.2. The van der Waals surface area contributed by atoms with Gasteiger partial charge in [0.2, 0.25) is 0 Å². The van der Waals surface area contributed by atoms with Crippen LogP contribution in [0.4, 0.5) is 0 Å². The summed E-state index contributed by atoms with van der Waals surface area (Å²) in [6.45, 7) is 4.60. The van der Waals surface area contributed by atoms with Gasteiger partial charge in [-0.3, -0.25) is 9.59 Å². The molecule has 0 aromatic rings.